The van der Waals surface area contributed by atoms with Crippen molar-refractivity contribution in [1.82, 2.24) is 14.9 Å². The molecule has 148 valence electrons. The SMILES string of the molecule is CCOc1cc(CNn2c(C)n[nH]c2=S)c(Br)cc1OCc1ccc(F)cc1. The number of hydrogen-bond donors (Lipinski definition) is 2. The molecule has 2 aromatic carbocycles. The second-order valence-corrected chi connectivity index (χ2v) is 7.23. The maximum Gasteiger partial charge on any atom is 0.214 e. The summed E-state index contributed by atoms with van der Waals surface area (Å²) in [5.74, 6) is 1.71. The van der Waals surface area contributed by atoms with Crippen LogP contribution in [0.2, 0.25) is 0 Å². The molecule has 0 aliphatic heterocycles. The lowest BCUT2D eigenvalue weighted by molar-refractivity contribution is 0.269. The van der Waals surface area contributed by atoms with Crippen LogP contribution < -0.4 is 14.9 Å². The summed E-state index contributed by atoms with van der Waals surface area (Å²) in [6, 6.07) is 10.00. The van der Waals surface area contributed by atoms with E-state index in [-0.39, 0.29) is 5.82 Å². The number of aryl methyl sites for hydroxylation is 1. The number of aromatic amines is 1. The highest BCUT2D eigenvalue weighted by atomic mass is 79.9. The Balaban J connectivity index is 1.77. The molecule has 0 unspecified atom stereocenters. The molecule has 0 aliphatic rings. The van der Waals surface area contributed by atoms with Crippen LogP contribution in [0, 0.1) is 17.5 Å². The average Bonchev–Trinajstić information content (AvgIpc) is 3.00. The van der Waals surface area contributed by atoms with E-state index in [1.807, 2.05) is 26.0 Å². The summed E-state index contributed by atoms with van der Waals surface area (Å²) in [5.41, 5.74) is 5.07. The van der Waals surface area contributed by atoms with Crippen LogP contribution >= 0.6 is 28.1 Å². The minimum absolute atomic E-state index is 0.272. The van der Waals surface area contributed by atoms with Crippen molar-refractivity contribution in [3.63, 3.8) is 0 Å². The second kappa shape index (κ2) is 9.20. The molecule has 9 heteroatoms. The average molecular weight is 467 g/mol. The Hall–Kier alpha value is -2.39. The summed E-state index contributed by atoms with van der Waals surface area (Å²) in [6.45, 7) is 5.10. The lowest BCUT2D eigenvalue weighted by Gasteiger charge is -2.16. The second-order valence-electron chi connectivity index (χ2n) is 5.98. The number of nitrogens with one attached hydrogen (secondary N) is 2. The molecule has 1 heterocycles. The van der Waals surface area contributed by atoms with Gasteiger partial charge in [0.25, 0.3) is 0 Å². The number of nitrogens with zero attached hydrogens (tertiary/aromatic N) is 2. The third-order valence-electron chi connectivity index (χ3n) is 3.99. The lowest BCUT2D eigenvalue weighted by Crippen LogP contribution is -2.16. The van der Waals surface area contributed by atoms with E-state index in [1.165, 1.54) is 12.1 Å². The summed E-state index contributed by atoms with van der Waals surface area (Å²) in [7, 11) is 0. The van der Waals surface area contributed by atoms with Gasteiger partial charge in [-0.2, -0.15) is 5.10 Å². The molecule has 0 aliphatic carbocycles. The summed E-state index contributed by atoms with van der Waals surface area (Å²) in [6.07, 6.45) is 0. The van der Waals surface area contributed by atoms with Crippen molar-refractivity contribution >= 4 is 28.1 Å². The number of benzene rings is 2. The summed E-state index contributed by atoms with van der Waals surface area (Å²) in [4.78, 5) is 0. The highest BCUT2D eigenvalue weighted by molar-refractivity contribution is 9.10. The molecule has 0 bridgehead atoms. The monoisotopic (exact) mass is 466 g/mol. The Labute approximate surface area is 175 Å². The predicted molar refractivity (Wildman–Crippen MR) is 111 cm³/mol. The summed E-state index contributed by atoms with van der Waals surface area (Å²) >= 11 is 8.79. The highest BCUT2D eigenvalue weighted by Gasteiger charge is 2.12. The molecular formula is C19H20BrFN4O2S. The van der Waals surface area contributed by atoms with Crippen molar-refractivity contribution in [3.05, 3.63) is 68.4 Å². The fourth-order valence-electron chi connectivity index (χ4n) is 2.56. The molecule has 0 radical (unpaired) electrons. The van der Waals surface area contributed by atoms with E-state index in [0.29, 0.717) is 36.0 Å². The van der Waals surface area contributed by atoms with Gasteiger partial charge in [-0.15, -0.1) is 0 Å². The molecule has 1 aromatic heterocycles. The zero-order valence-electron chi connectivity index (χ0n) is 15.5. The smallest absolute Gasteiger partial charge is 0.214 e. The predicted octanol–water partition coefficient (Wildman–Crippen LogP) is 4.87. The van der Waals surface area contributed by atoms with Crippen molar-refractivity contribution in [1.29, 1.82) is 0 Å². The van der Waals surface area contributed by atoms with Crippen molar-refractivity contribution in [2.75, 3.05) is 12.0 Å². The molecular weight excluding hydrogens is 447 g/mol. The van der Waals surface area contributed by atoms with Gasteiger partial charge in [0.15, 0.2) is 11.5 Å². The van der Waals surface area contributed by atoms with E-state index >= 15 is 0 Å². The van der Waals surface area contributed by atoms with Crippen molar-refractivity contribution in [2.24, 2.45) is 0 Å². The number of rotatable bonds is 8. The number of H-pyrrole nitrogens is 1. The quantitative estimate of drug-likeness (QED) is 0.463. The van der Waals surface area contributed by atoms with Crippen molar-refractivity contribution in [3.8, 4) is 11.5 Å². The molecule has 0 spiro atoms. The van der Waals surface area contributed by atoms with E-state index in [1.54, 1.807) is 16.8 Å². The Morgan fingerprint density at radius 1 is 1.21 bits per heavy atom. The van der Waals surface area contributed by atoms with Crippen LogP contribution in [0.15, 0.2) is 40.9 Å². The summed E-state index contributed by atoms with van der Waals surface area (Å²) < 4.78 is 27.8. The van der Waals surface area contributed by atoms with Gasteiger partial charge in [-0.05, 0) is 61.5 Å². The van der Waals surface area contributed by atoms with Crippen molar-refractivity contribution < 1.29 is 13.9 Å². The first-order valence-corrected chi connectivity index (χ1v) is 9.88. The van der Waals surface area contributed by atoms with Gasteiger partial charge in [-0.1, -0.05) is 28.1 Å². The van der Waals surface area contributed by atoms with Gasteiger partial charge >= 0.3 is 0 Å². The first kappa shape index (κ1) is 20.3. The molecule has 0 saturated carbocycles. The minimum atomic E-state index is -0.272. The Morgan fingerprint density at radius 3 is 2.57 bits per heavy atom. The lowest BCUT2D eigenvalue weighted by atomic mass is 10.2. The molecule has 0 atom stereocenters. The van der Waals surface area contributed by atoms with Gasteiger partial charge in [0, 0.05) is 4.47 Å². The topological polar surface area (TPSA) is 64.1 Å². The maximum absolute atomic E-state index is 13.0. The van der Waals surface area contributed by atoms with E-state index in [0.717, 1.165) is 21.4 Å². The van der Waals surface area contributed by atoms with Crippen LogP contribution in [0.25, 0.3) is 0 Å². The zero-order chi connectivity index (χ0) is 20.1. The fourth-order valence-corrected chi connectivity index (χ4v) is 3.27. The number of halogens is 2. The summed E-state index contributed by atoms with van der Waals surface area (Å²) in [5, 5.41) is 6.81. The number of aromatic nitrogens is 3. The highest BCUT2D eigenvalue weighted by Crippen LogP contribution is 2.34. The maximum atomic E-state index is 13.0. The van der Waals surface area contributed by atoms with E-state index in [4.69, 9.17) is 21.7 Å². The largest absolute Gasteiger partial charge is 0.490 e. The van der Waals surface area contributed by atoms with Crippen LogP contribution in [0.4, 0.5) is 4.39 Å². The van der Waals surface area contributed by atoms with E-state index in [9.17, 15) is 4.39 Å². The van der Waals surface area contributed by atoms with Gasteiger partial charge < -0.3 is 14.9 Å². The van der Waals surface area contributed by atoms with Gasteiger partial charge in [0.2, 0.25) is 4.77 Å². The molecule has 2 N–H and O–H groups in total. The Kier molecular flexibility index (Phi) is 6.69. The zero-order valence-corrected chi connectivity index (χ0v) is 17.9. The van der Waals surface area contributed by atoms with E-state index in [2.05, 4.69) is 31.6 Å². The van der Waals surface area contributed by atoms with Gasteiger partial charge in [0.1, 0.15) is 18.2 Å². The van der Waals surface area contributed by atoms with Crippen LogP contribution in [-0.2, 0) is 13.2 Å². The van der Waals surface area contributed by atoms with Gasteiger partial charge in [-0.3, -0.25) is 5.10 Å². The first-order chi connectivity index (χ1) is 13.5. The van der Waals surface area contributed by atoms with E-state index < -0.39 is 0 Å². The Morgan fingerprint density at radius 2 is 1.93 bits per heavy atom. The third-order valence-corrected chi connectivity index (χ3v) is 5.00. The molecule has 0 fully saturated rings. The molecule has 0 saturated heterocycles. The minimum Gasteiger partial charge on any atom is -0.490 e. The normalized spacial score (nSPS) is 10.7. The first-order valence-electron chi connectivity index (χ1n) is 8.68. The van der Waals surface area contributed by atoms with Gasteiger partial charge in [-0.25, -0.2) is 9.07 Å². The molecule has 0 amide bonds. The van der Waals surface area contributed by atoms with Crippen LogP contribution in [0.5, 0.6) is 11.5 Å². The molecule has 3 aromatic rings. The Bertz CT molecular complexity index is 1000. The van der Waals surface area contributed by atoms with Crippen LogP contribution in [0.1, 0.15) is 23.9 Å². The van der Waals surface area contributed by atoms with Gasteiger partial charge in [0.05, 0.1) is 13.2 Å². The van der Waals surface area contributed by atoms with Crippen LogP contribution in [0.3, 0.4) is 0 Å². The van der Waals surface area contributed by atoms with Crippen LogP contribution in [-0.4, -0.2) is 21.5 Å². The molecule has 6 nitrogen and oxygen atoms in total. The standard InChI is InChI=1S/C19H20BrFN4O2S/c1-3-26-17-8-14(10-22-25-12(2)23-24-19(25)28)16(20)9-18(17)27-11-13-4-6-15(21)7-5-13/h4-9,22H,3,10-11H2,1-2H3,(H,24,28). The number of ether oxygens (including phenoxy) is 2. The fraction of sp³-hybridized carbons (Fsp3) is 0.263. The number of hydrogen-bond acceptors (Lipinski definition) is 5. The van der Waals surface area contributed by atoms with Crippen molar-refractivity contribution in [2.45, 2.75) is 27.0 Å². The third kappa shape index (κ3) is 4.90. The molecule has 28 heavy (non-hydrogen) atoms. The molecule has 3 rings (SSSR count).